The maximum atomic E-state index is 12.2. The number of amides is 1. The Kier molecular flexibility index (Phi) is 6.36. The summed E-state index contributed by atoms with van der Waals surface area (Å²) in [4.78, 5) is 14.3. The summed E-state index contributed by atoms with van der Waals surface area (Å²) in [7, 11) is 0. The lowest BCUT2D eigenvalue weighted by atomic mass is 9.95. The Morgan fingerprint density at radius 2 is 1.85 bits per heavy atom. The molecule has 2 atom stereocenters. The number of carbonyl (C=O) groups is 1. The molecule has 0 saturated carbocycles. The summed E-state index contributed by atoms with van der Waals surface area (Å²) in [5.74, 6) is 0.225. The van der Waals surface area contributed by atoms with Crippen LogP contribution in [0.5, 0.6) is 5.75 Å². The Labute approximate surface area is 157 Å². The van der Waals surface area contributed by atoms with Crippen LogP contribution in [-0.2, 0) is 11.3 Å². The lowest BCUT2D eigenvalue weighted by Gasteiger charge is -2.16. The van der Waals surface area contributed by atoms with Crippen LogP contribution in [0.15, 0.2) is 54.6 Å². The highest BCUT2D eigenvalue weighted by atomic mass is 19.3. The molecule has 1 fully saturated rings. The van der Waals surface area contributed by atoms with Gasteiger partial charge in [0.25, 0.3) is 0 Å². The molecule has 1 saturated heterocycles. The maximum absolute atomic E-state index is 12.2. The van der Waals surface area contributed by atoms with Crippen molar-refractivity contribution >= 4 is 5.91 Å². The van der Waals surface area contributed by atoms with E-state index >= 15 is 0 Å². The number of nitrogens with two attached hydrogens (primary N) is 1. The summed E-state index contributed by atoms with van der Waals surface area (Å²) < 4.78 is 28.6. The van der Waals surface area contributed by atoms with E-state index in [-0.39, 0.29) is 30.2 Å². The number of nitrogens with zero attached hydrogens (tertiary/aromatic N) is 1. The molecular weight excluding hydrogens is 352 g/mol. The minimum Gasteiger partial charge on any atom is -0.435 e. The second kappa shape index (κ2) is 8.92. The van der Waals surface area contributed by atoms with E-state index in [1.165, 1.54) is 17.7 Å². The minimum atomic E-state index is -2.85. The summed E-state index contributed by atoms with van der Waals surface area (Å²) >= 11 is 0. The third-order valence-corrected chi connectivity index (χ3v) is 4.67. The zero-order chi connectivity index (χ0) is 19.2. The van der Waals surface area contributed by atoms with E-state index < -0.39 is 6.61 Å². The number of rotatable bonds is 7. The van der Waals surface area contributed by atoms with Crippen molar-refractivity contribution in [3.63, 3.8) is 0 Å². The molecule has 3 rings (SSSR count). The molecule has 2 aromatic carbocycles. The van der Waals surface area contributed by atoms with E-state index in [9.17, 15) is 13.6 Å². The van der Waals surface area contributed by atoms with Gasteiger partial charge >= 0.3 is 6.61 Å². The van der Waals surface area contributed by atoms with Gasteiger partial charge in [0.05, 0.1) is 6.54 Å². The van der Waals surface area contributed by atoms with E-state index in [1.807, 2.05) is 18.2 Å². The Balaban J connectivity index is 1.46. The van der Waals surface area contributed by atoms with Crippen molar-refractivity contribution in [1.29, 1.82) is 0 Å². The summed E-state index contributed by atoms with van der Waals surface area (Å²) in [5, 5.41) is 2.85. The number of hydrogen-bond acceptors (Lipinski definition) is 4. The number of halogens is 2. The van der Waals surface area contributed by atoms with E-state index in [0.717, 1.165) is 12.1 Å². The molecule has 1 heterocycles. The lowest BCUT2D eigenvalue weighted by Crippen LogP contribution is -2.37. The van der Waals surface area contributed by atoms with Gasteiger partial charge in [0, 0.05) is 31.6 Å². The fourth-order valence-electron chi connectivity index (χ4n) is 3.34. The molecule has 0 unspecified atom stereocenters. The number of nitrogens with one attached hydrogen (secondary N) is 1. The van der Waals surface area contributed by atoms with Crippen molar-refractivity contribution < 1.29 is 18.3 Å². The Morgan fingerprint density at radius 1 is 1.15 bits per heavy atom. The van der Waals surface area contributed by atoms with E-state index in [4.69, 9.17) is 5.73 Å². The molecule has 3 N–H and O–H groups in total. The summed E-state index contributed by atoms with van der Waals surface area (Å²) in [5.41, 5.74) is 8.26. The number of benzene rings is 2. The van der Waals surface area contributed by atoms with Gasteiger partial charge in [-0.3, -0.25) is 9.69 Å². The standard InChI is InChI=1S/C20H23F2N3O2/c21-20(22)27-16-8-6-14(7-9-16)10-24-19(26)13-25-11-17(18(23)12-25)15-4-2-1-3-5-15/h1-9,17-18,20H,10-13,23H2,(H,24,26)/t17-,18+/m0/s1. The van der Waals surface area contributed by atoms with Crippen LogP contribution in [0.3, 0.4) is 0 Å². The Morgan fingerprint density at radius 3 is 2.52 bits per heavy atom. The molecule has 2 aromatic rings. The third-order valence-electron chi connectivity index (χ3n) is 4.67. The van der Waals surface area contributed by atoms with Crippen LogP contribution in [-0.4, -0.2) is 43.1 Å². The van der Waals surface area contributed by atoms with Gasteiger partial charge in [0.1, 0.15) is 5.75 Å². The van der Waals surface area contributed by atoms with Crippen LogP contribution < -0.4 is 15.8 Å². The second-order valence-electron chi connectivity index (χ2n) is 6.67. The van der Waals surface area contributed by atoms with Crippen LogP contribution in [0.25, 0.3) is 0 Å². The lowest BCUT2D eigenvalue weighted by molar-refractivity contribution is -0.122. The Hall–Kier alpha value is -2.51. The SMILES string of the molecule is N[C@@H]1CN(CC(=O)NCc2ccc(OC(F)F)cc2)C[C@H]1c1ccccc1. The van der Waals surface area contributed by atoms with Gasteiger partial charge in [-0.05, 0) is 23.3 Å². The number of hydrogen-bond donors (Lipinski definition) is 2. The van der Waals surface area contributed by atoms with Crippen molar-refractivity contribution in [2.75, 3.05) is 19.6 Å². The average molecular weight is 375 g/mol. The molecule has 0 aliphatic carbocycles. The number of alkyl halides is 2. The van der Waals surface area contributed by atoms with Crippen molar-refractivity contribution in [3.05, 3.63) is 65.7 Å². The van der Waals surface area contributed by atoms with Gasteiger partial charge in [0.2, 0.25) is 5.91 Å². The predicted octanol–water partition coefficient (Wildman–Crippen LogP) is 2.33. The monoisotopic (exact) mass is 375 g/mol. The molecule has 0 aromatic heterocycles. The molecule has 27 heavy (non-hydrogen) atoms. The quantitative estimate of drug-likeness (QED) is 0.780. The number of ether oxygens (including phenoxy) is 1. The van der Waals surface area contributed by atoms with Crippen LogP contribution in [0.4, 0.5) is 8.78 Å². The van der Waals surface area contributed by atoms with Gasteiger partial charge in [-0.25, -0.2) is 0 Å². The molecule has 1 aliphatic rings. The summed E-state index contributed by atoms with van der Waals surface area (Å²) in [6.07, 6.45) is 0. The first kappa shape index (κ1) is 19.3. The number of carbonyl (C=O) groups excluding carboxylic acids is 1. The molecule has 0 spiro atoms. The van der Waals surface area contributed by atoms with Gasteiger partial charge in [0.15, 0.2) is 0 Å². The second-order valence-corrected chi connectivity index (χ2v) is 6.67. The molecular formula is C20H23F2N3O2. The zero-order valence-electron chi connectivity index (χ0n) is 14.9. The van der Waals surface area contributed by atoms with Gasteiger partial charge in [-0.2, -0.15) is 8.78 Å². The molecule has 0 radical (unpaired) electrons. The zero-order valence-corrected chi connectivity index (χ0v) is 14.9. The van der Waals surface area contributed by atoms with E-state index in [2.05, 4.69) is 27.1 Å². The van der Waals surface area contributed by atoms with Crippen molar-refractivity contribution in [3.8, 4) is 5.75 Å². The highest BCUT2D eigenvalue weighted by Gasteiger charge is 2.31. The highest BCUT2D eigenvalue weighted by molar-refractivity contribution is 5.78. The largest absolute Gasteiger partial charge is 0.435 e. The van der Waals surface area contributed by atoms with Crippen molar-refractivity contribution in [2.24, 2.45) is 5.73 Å². The van der Waals surface area contributed by atoms with Gasteiger partial charge in [-0.1, -0.05) is 42.5 Å². The molecule has 1 aliphatic heterocycles. The van der Waals surface area contributed by atoms with Crippen LogP contribution in [0.2, 0.25) is 0 Å². The van der Waals surface area contributed by atoms with E-state index in [1.54, 1.807) is 12.1 Å². The number of likely N-dealkylation sites (tertiary alicyclic amines) is 1. The van der Waals surface area contributed by atoms with E-state index in [0.29, 0.717) is 13.1 Å². The molecule has 0 bridgehead atoms. The summed E-state index contributed by atoms with van der Waals surface area (Å²) in [6.45, 7) is -0.813. The Bertz CT molecular complexity index is 741. The molecule has 7 heteroatoms. The fraction of sp³-hybridized carbons (Fsp3) is 0.350. The highest BCUT2D eigenvalue weighted by Crippen LogP contribution is 2.26. The topological polar surface area (TPSA) is 67.6 Å². The average Bonchev–Trinajstić information content (AvgIpc) is 3.01. The smallest absolute Gasteiger partial charge is 0.387 e. The predicted molar refractivity (Wildman–Crippen MR) is 98.5 cm³/mol. The van der Waals surface area contributed by atoms with Crippen molar-refractivity contribution in [2.45, 2.75) is 25.1 Å². The van der Waals surface area contributed by atoms with Gasteiger partial charge in [-0.15, -0.1) is 0 Å². The maximum Gasteiger partial charge on any atom is 0.387 e. The van der Waals surface area contributed by atoms with Crippen LogP contribution in [0.1, 0.15) is 17.0 Å². The minimum absolute atomic E-state index is 0.00239. The first-order valence-electron chi connectivity index (χ1n) is 8.84. The van der Waals surface area contributed by atoms with Crippen LogP contribution in [0, 0.1) is 0 Å². The molecule has 5 nitrogen and oxygen atoms in total. The van der Waals surface area contributed by atoms with Crippen LogP contribution >= 0.6 is 0 Å². The first-order valence-corrected chi connectivity index (χ1v) is 8.84. The van der Waals surface area contributed by atoms with Gasteiger partial charge < -0.3 is 15.8 Å². The third kappa shape index (κ3) is 5.48. The normalized spacial score (nSPS) is 20.0. The summed E-state index contributed by atoms with van der Waals surface area (Å²) in [6, 6.07) is 16.3. The van der Waals surface area contributed by atoms with Crippen molar-refractivity contribution in [1.82, 2.24) is 10.2 Å². The molecule has 1 amide bonds. The molecule has 144 valence electrons. The fourth-order valence-corrected chi connectivity index (χ4v) is 3.34. The first-order chi connectivity index (χ1) is 13.0.